The van der Waals surface area contributed by atoms with Crippen molar-refractivity contribution >= 4 is 5.65 Å². The number of hydrogen-bond donors (Lipinski definition) is 1. The second-order valence-electron chi connectivity index (χ2n) is 5.16. The van der Waals surface area contributed by atoms with Crippen LogP contribution in [-0.4, -0.2) is 37.2 Å². The van der Waals surface area contributed by atoms with Crippen molar-refractivity contribution in [1.82, 2.24) is 19.5 Å². The number of hydrogen-bond acceptors (Lipinski definition) is 4. The number of rotatable bonds is 2. The summed E-state index contributed by atoms with van der Waals surface area (Å²) in [7, 11) is 0. The van der Waals surface area contributed by atoms with Crippen molar-refractivity contribution in [3.8, 4) is 5.75 Å². The van der Waals surface area contributed by atoms with Crippen molar-refractivity contribution < 1.29 is 5.11 Å². The maximum Gasteiger partial charge on any atom is 0.161 e. The van der Waals surface area contributed by atoms with Crippen LogP contribution in [0.5, 0.6) is 5.75 Å². The quantitative estimate of drug-likeness (QED) is 0.880. The molecule has 1 saturated heterocycles. The average Bonchev–Trinajstić information content (AvgIpc) is 2.92. The van der Waals surface area contributed by atoms with Crippen LogP contribution in [0.3, 0.4) is 0 Å². The standard InChI is InChI=1S/C13H18N4O/c1-9(2)16-7-3-4-11(16)13-15-14-12-6-5-10(18)8-17(12)13/h5-6,8-9,11,18H,3-4,7H2,1-2H3. The first-order valence-corrected chi connectivity index (χ1v) is 6.46. The van der Waals surface area contributed by atoms with Crippen LogP contribution in [0.25, 0.3) is 5.65 Å². The van der Waals surface area contributed by atoms with Crippen molar-refractivity contribution in [3.05, 3.63) is 24.2 Å². The first kappa shape index (κ1) is 11.5. The number of fused-ring (bicyclic) bond motifs is 1. The van der Waals surface area contributed by atoms with Crippen molar-refractivity contribution in [1.29, 1.82) is 0 Å². The molecule has 5 nitrogen and oxygen atoms in total. The SMILES string of the molecule is CC(C)N1CCCC1c1nnc2ccc(O)cn12. The summed E-state index contributed by atoms with van der Waals surface area (Å²) in [6.07, 6.45) is 3.99. The molecular formula is C13H18N4O. The molecule has 1 unspecified atom stereocenters. The molecule has 18 heavy (non-hydrogen) atoms. The summed E-state index contributed by atoms with van der Waals surface area (Å²) in [5, 5.41) is 18.1. The normalized spacial score (nSPS) is 21.2. The zero-order chi connectivity index (χ0) is 12.7. The minimum absolute atomic E-state index is 0.248. The van der Waals surface area contributed by atoms with Crippen LogP contribution in [0, 0.1) is 0 Å². The molecule has 0 aromatic carbocycles. The Morgan fingerprint density at radius 1 is 1.33 bits per heavy atom. The Bertz CT molecular complexity index is 563. The van der Waals surface area contributed by atoms with Crippen molar-refractivity contribution in [2.45, 2.75) is 38.8 Å². The van der Waals surface area contributed by atoms with Gasteiger partial charge in [0.2, 0.25) is 0 Å². The van der Waals surface area contributed by atoms with Crippen molar-refractivity contribution in [2.75, 3.05) is 6.54 Å². The summed E-state index contributed by atoms with van der Waals surface area (Å²) in [6.45, 7) is 5.52. The Balaban J connectivity index is 2.06. The Morgan fingerprint density at radius 3 is 2.94 bits per heavy atom. The third-order valence-electron chi connectivity index (χ3n) is 3.67. The molecule has 96 valence electrons. The van der Waals surface area contributed by atoms with E-state index in [1.807, 2.05) is 4.40 Å². The molecule has 0 aliphatic carbocycles. The van der Waals surface area contributed by atoms with Crippen molar-refractivity contribution in [3.63, 3.8) is 0 Å². The molecule has 0 saturated carbocycles. The minimum atomic E-state index is 0.248. The zero-order valence-corrected chi connectivity index (χ0v) is 10.7. The molecule has 3 rings (SSSR count). The summed E-state index contributed by atoms with van der Waals surface area (Å²) in [5.41, 5.74) is 0.790. The predicted molar refractivity (Wildman–Crippen MR) is 68.5 cm³/mol. The number of aromatic hydroxyl groups is 1. The molecule has 2 aromatic rings. The molecule has 1 N–H and O–H groups in total. The van der Waals surface area contributed by atoms with Gasteiger partial charge in [0.1, 0.15) is 5.75 Å². The molecule has 1 atom stereocenters. The summed E-state index contributed by atoms with van der Waals surface area (Å²) >= 11 is 0. The Hall–Kier alpha value is -1.62. The van der Waals surface area contributed by atoms with Crippen LogP contribution in [0.15, 0.2) is 18.3 Å². The lowest BCUT2D eigenvalue weighted by molar-refractivity contribution is 0.197. The maximum absolute atomic E-state index is 9.60. The van der Waals surface area contributed by atoms with Crippen LogP contribution in [-0.2, 0) is 0 Å². The fraction of sp³-hybridized carbons (Fsp3) is 0.538. The average molecular weight is 246 g/mol. The lowest BCUT2D eigenvalue weighted by atomic mass is 10.2. The van der Waals surface area contributed by atoms with Gasteiger partial charge in [0.15, 0.2) is 11.5 Å². The fourth-order valence-corrected chi connectivity index (χ4v) is 2.81. The molecule has 1 aliphatic heterocycles. The van der Waals surface area contributed by atoms with E-state index >= 15 is 0 Å². The van der Waals surface area contributed by atoms with Crippen LogP contribution >= 0.6 is 0 Å². The molecule has 3 heterocycles. The number of likely N-dealkylation sites (tertiary alicyclic amines) is 1. The lowest BCUT2D eigenvalue weighted by Crippen LogP contribution is -2.31. The topological polar surface area (TPSA) is 53.7 Å². The minimum Gasteiger partial charge on any atom is -0.506 e. The second kappa shape index (κ2) is 4.24. The molecule has 0 spiro atoms. The molecular weight excluding hydrogens is 228 g/mol. The first-order valence-electron chi connectivity index (χ1n) is 6.46. The summed E-state index contributed by atoms with van der Waals surface area (Å²) in [5.74, 6) is 1.18. The summed E-state index contributed by atoms with van der Waals surface area (Å²) < 4.78 is 1.90. The van der Waals surface area contributed by atoms with E-state index < -0.39 is 0 Å². The predicted octanol–water partition coefficient (Wildman–Crippen LogP) is 1.98. The van der Waals surface area contributed by atoms with E-state index in [9.17, 15) is 5.11 Å². The molecule has 1 aliphatic rings. The van der Waals surface area contributed by atoms with E-state index in [4.69, 9.17) is 0 Å². The monoisotopic (exact) mass is 246 g/mol. The van der Waals surface area contributed by atoms with E-state index in [-0.39, 0.29) is 5.75 Å². The lowest BCUT2D eigenvalue weighted by Gasteiger charge is -2.26. The van der Waals surface area contributed by atoms with E-state index in [1.54, 1.807) is 18.3 Å². The molecule has 0 amide bonds. The third-order valence-corrected chi connectivity index (χ3v) is 3.67. The van der Waals surface area contributed by atoms with Crippen LogP contribution in [0.2, 0.25) is 0 Å². The van der Waals surface area contributed by atoms with E-state index in [2.05, 4.69) is 28.9 Å². The highest BCUT2D eigenvalue weighted by atomic mass is 16.3. The van der Waals surface area contributed by atoms with Crippen LogP contribution in [0.1, 0.15) is 38.6 Å². The van der Waals surface area contributed by atoms with Crippen molar-refractivity contribution in [2.24, 2.45) is 0 Å². The van der Waals surface area contributed by atoms with Gasteiger partial charge < -0.3 is 5.11 Å². The zero-order valence-electron chi connectivity index (χ0n) is 10.7. The molecule has 5 heteroatoms. The van der Waals surface area contributed by atoms with E-state index in [0.717, 1.165) is 24.4 Å². The van der Waals surface area contributed by atoms with Gasteiger partial charge in [0.05, 0.1) is 12.2 Å². The highest BCUT2D eigenvalue weighted by Gasteiger charge is 2.31. The highest BCUT2D eigenvalue weighted by Crippen LogP contribution is 2.32. The van der Waals surface area contributed by atoms with Gasteiger partial charge in [-0.05, 0) is 45.4 Å². The Labute approximate surface area is 106 Å². The number of pyridine rings is 1. The highest BCUT2D eigenvalue weighted by molar-refractivity contribution is 5.41. The van der Waals surface area contributed by atoms with E-state index in [1.165, 1.54) is 6.42 Å². The van der Waals surface area contributed by atoms with Gasteiger partial charge in [0.25, 0.3) is 0 Å². The van der Waals surface area contributed by atoms with Crippen LogP contribution in [0.4, 0.5) is 0 Å². The van der Waals surface area contributed by atoms with Gasteiger partial charge in [-0.1, -0.05) is 0 Å². The molecule has 2 aromatic heterocycles. The maximum atomic E-state index is 9.60. The van der Waals surface area contributed by atoms with Gasteiger partial charge in [0, 0.05) is 6.04 Å². The smallest absolute Gasteiger partial charge is 0.161 e. The van der Waals surface area contributed by atoms with Gasteiger partial charge in [-0.2, -0.15) is 0 Å². The number of aromatic nitrogens is 3. The first-order chi connectivity index (χ1) is 8.66. The molecule has 1 fully saturated rings. The van der Waals surface area contributed by atoms with Gasteiger partial charge >= 0.3 is 0 Å². The molecule has 0 bridgehead atoms. The van der Waals surface area contributed by atoms with Gasteiger partial charge in [-0.15, -0.1) is 10.2 Å². The molecule has 0 radical (unpaired) electrons. The third kappa shape index (κ3) is 1.75. The fourth-order valence-electron chi connectivity index (χ4n) is 2.81. The van der Waals surface area contributed by atoms with Gasteiger partial charge in [-0.3, -0.25) is 9.30 Å². The second-order valence-corrected chi connectivity index (χ2v) is 5.16. The number of nitrogens with zero attached hydrogens (tertiary/aromatic N) is 4. The summed E-state index contributed by atoms with van der Waals surface area (Å²) in [4.78, 5) is 2.44. The van der Waals surface area contributed by atoms with Gasteiger partial charge in [-0.25, -0.2) is 0 Å². The Morgan fingerprint density at radius 2 is 2.17 bits per heavy atom. The van der Waals surface area contributed by atoms with Crippen LogP contribution < -0.4 is 0 Å². The summed E-state index contributed by atoms with van der Waals surface area (Å²) in [6, 6.07) is 4.24. The van der Waals surface area contributed by atoms with E-state index in [0.29, 0.717) is 12.1 Å². The Kier molecular flexibility index (Phi) is 2.70. The largest absolute Gasteiger partial charge is 0.506 e.